The Hall–Kier alpha value is -0.780. The van der Waals surface area contributed by atoms with Gasteiger partial charge in [-0.15, -0.1) is 0 Å². The van der Waals surface area contributed by atoms with Crippen LogP contribution in [0.2, 0.25) is 0 Å². The summed E-state index contributed by atoms with van der Waals surface area (Å²) >= 11 is 6.98. The minimum absolute atomic E-state index is 0.0541. The predicted octanol–water partition coefficient (Wildman–Crippen LogP) is 4.12. The summed E-state index contributed by atoms with van der Waals surface area (Å²) in [6.45, 7) is 0. The van der Waals surface area contributed by atoms with Crippen molar-refractivity contribution >= 4 is 31.9 Å². The first-order chi connectivity index (χ1) is 8.67. The molecule has 18 heavy (non-hydrogen) atoms. The van der Waals surface area contributed by atoms with Crippen molar-refractivity contribution in [2.24, 2.45) is 0 Å². The molecule has 0 amide bonds. The van der Waals surface area contributed by atoms with E-state index in [-0.39, 0.29) is 6.04 Å². The number of methoxy groups -OCH3 is 1. The average molecular weight is 375 g/mol. The highest BCUT2D eigenvalue weighted by Gasteiger charge is 2.19. The van der Waals surface area contributed by atoms with Crippen molar-refractivity contribution in [3.05, 3.63) is 50.8 Å². The molecule has 1 aromatic carbocycles. The Morgan fingerprint density at radius 2 is 2.00 bits per heavy atom. The average Bonchev–Trinajstić information content (AvgIpc) is 2.78. The van der Waals surface area contributed by atoms with Crippen LogP contribution in [0.15, 0.2) is 44.1 Å². The van der Waals surface area contributed by atoms with Crippen molar-refractivity contribution in [3.8, 4) is 5.75 Å². The molecule has 0 saturated heterocycles. The Morgan fingerprint density at radius 3 is 2.50 bits per heavy atom. The van der Waals surface area contributed by atoms with Crippen LogP contribution in [0.1, 0.15) is 17.2 Å². The van der Waals surface area contributed by atoms with Crippen molar-refractivity contribution < 1.29 is 9.15 Å². The third-order valence-electron chi connectivity index (χ3n) is 2.76. The molecule has 1 N–H and O–H groups in total. The Kier molecular flexibility index (Phi) is 4.48. The van der Waals surface area contributed by atoms with E-state index in [1.807, 2.05) is 31.3 Å². The first-order valence-corrected chi connectivity index (χ1v) is 6.99. The van der Waals surface area contributed by atoms with Crippen LogP contribution < -0.4 is 10.1 Å². The highest BCUT2D eigenvalue weighted by Crippen LogP contribution is 2.34. The topological polar surface area (TPSA) is 34.4 Å². The van der Waals surface area contributed by atoms with Gasteiger partial charge < -0.3 is 14.5 Å². The standard InChI is InChI=1S/C13H13Br2NO2/c1-16-12(10-5-6-18-13(10)15)9-4-3-8(17-2)7-11(9)14/h3-7,12,16H,1-2H3. The molecule has 0 fully saturated rings. The molecule has 1 unspecified atom stereocenters. The second-order valence-electron chi connectivity index (χ2n) is 3.76. The maximum absolute atomic E-state index is 5.29. The molecule has 0 saturated carbocycles. The van der Waals surface area contributed by atoms with Gasteiger partial charge in [0.25, 0.3) is 0 Å². The van der Waals surface area contributed by atoms with Gasteiger partial charge in [0.1, 0.15) is 5.75 Å². The number of benzene rings is 1. The fourth-order valence-electron chi connectivity index (χ4n) is 1.86. The molecule has 0 bridgehead atoms. The molecular formula is C13H13Br2NO2. The van der Waals surface area contributed by atoms with Crippen LogP contribution >= 0.6 is 31.9 Å². The van der Waals surface area contributed by atoms with Gasteiger partial charge in [-0.1, -0.05) is 22.0 Å². The third kappa shape index (κ3) is 2.63. The summed E-state index contributed by atoms with van der Waals surface area (Å²) in [6, 6.07) is 7.93. The van der Waals surface area contributed by atoms with Gasteiger partial charge in [-0.3, -0.25) is 0 Å². The zero-order valence-electron chi connectivity index (χ0n) is 10.0. The summed E-state index contributed by atoms with van der Waals surface area (Å²) in [6.07, 6.45) is 1.67. The molecule has 0 aliphatic carbocycles. The zero-order chi connectivity index (χ0) is 13.1. The summed E-state index contributed by atoms with van der Waals surface area (Å²) in [5.74, 6) is 0.826. The van der Waals surface area contributed by atoms with Gasteiger partial charge in [0.15, 0.2) is 4.67 Å². The predicted molar refractivity (Wildman–Crippen MR) is 78.0 cm³/mol. The fourth-order valence-corrected chi connectivity index (χ4v) is 2.91. The molecule has 2 aromatic rings. The monoisotopic (exact) mass is 373 g/mol. The molecule has 0 radical (unpaired) electrons. The zero-order valence-corrected chi connectivity index (χ0v) is 13.2. The molecular weight excluding hydrogens is 362 g/mol. The lowest BCUT2D eigenvalue weighted by Gasteiger charge is -2.18. The molecule has 5 heteroatoms. The number of furan rings is 1. The number of halogens is 2. The normalized spacial score (nSPS) is 12.4. The van der Waals surface area contributed by atoms with Crippen LogP contribution in [0.4, 0.5) is 0 Å². The van der Waals surface area contributed by atoms with Gasteiger partial charge in [-0.2, -0.15) is 0 Å². The molecule has 1 aromatic heterocycles. The second kappa shape index (κ2) is 5.91. The van der Waals surface area contributed by atoms with E-state index in [9.17, 15) is 0 Å². The van der Waals surface area contributed by atoms with E-state index in [1.165, 1.54) is 0 Å². The quantitative estimate of drug-likeness (QED) is 0.873. The SMILES string of the molecule is CNC(c1ccc(OC)cc1Br)c1ccoc1Br. The lowest BCUT2D eigenvalue weighted by atomic mass is 10.0. The van der Waals surface area contributed by atoms with E-state index in [4.69, 9.17) is 9.15 Å². The summed E-state index contributed by atoms with van der Waals surface area (Å²) in [5, 5.41) is 3.28. The Labute approximate surface area is 123 Å². The molecule has 96 valence electrons. The fraction of sp³-hybridized carbons (Fsp3) is 0.231. The summed E-state index contributed by atoms with van der Waals surface area (Å²) in [7, 11) is 3.57. The number of rotatable bonds is 4. The number of nitrogens with one attached hydrogen (secondary N) is 1. The van der Waals surface area contributed by atoms with Gasteiger partial charge in [-0.25, -0.2) is 0 Å². The largest absolute Gasteiger partial charge is 0.497 e. The Bertz CT molecular complexity index is 540. The van der Waals surface area contributed by atoms with Crippen LogP contribution in [0.25, 0.3) is 0 Å². The second-order valence-corrected chi connectivity index (χ2v) is 5.33. The van der Waals surface area contributed by atoms with Gasteiger partial charge in [0.2, 0.25) is 0 Å². The first kappa shape index (κ1) is 13.6. The maximum Gasteiger partial charge on any atom is 0.174 e. The minimum Gasteiger partial charge on any atom is -0.497 e. The van der Waals surface area contributed by atoms with E-state index >= 15 is 0 Å². The smallest absolute Gasteiger partial charge is 0.174 e. The summed E-state index contributed by atoms with van der Waals surface area (Å²) in [5.41, 5.74) is 2.18. The molecule has 0 aliphatic heterocycles. The molecule has 0 spiro atoms. The van der Waals surface area contributed by atoms with Crippen LogP contribution in [-0.4, -0.2) is 14.2 Å². The molecule has 2 rings (SSSR count). The number of hydrogen-bond donors (Lipinski definition) is 1. The highest BCUT2D eigenvalue weighted by atomic mass is 79.9. The molecule has 3 nitrogen and oxygen atoms in total. The lowest BCUT2D eigenvalue weighted by molar-refractivity contribution is 0.414. The van der Waals surface area contributed by atoms with Crippen LogP contribution in [0, 0.1) is 0 Å². The highest BCUT2D eigenvalue weighted by molar-refractivity contribution is 9.10. The van der Waals surface area contributed by atoms with Crippen molar-refractivity contribution in [1.29, 1.82) is 0 Å². The van der Waals surface area contributed by atoms with E-state index in [1.54, 1.807) is 13.4 Å². The molecule has 1 heterocycles. The molecule has 1 atom stereocenters. The lowest BCUT2D eigenvalue weighted by Crippen LogP contribution is -2.18. The maximum atomic E-state index is 5.29. The number of hydrogen-bond acceptors (Lipinski definition) is 3. The van der Waals surface area contributed by atoms with E-state index < -0.39 is 0 Å². The Balaban J connectivity index is 2.42. The number of ether oxygens (including phenoxy) is 1. The van der Waals surface area contributed by atoms with Crippen LogP contribution in [0.5, 0.6) is 5.75 Å². The van der Waals surface area contributed by atoms with E-state index in [0.29, 0.717) is 0 Å². The van der Waals surface area contributed by atoms with Crippen LogP contribution in [-0.2, 0) is 0 Å². The van der Waals surface area contributed by atoms with E-state index in [0.717, 1.165) is 26.0 Å². The summed E-state index contributed by atoms with van der Waals surface area (Å²) in [4.78, 5) is 0. The van der Waals surface area contributed by atoms with Crippen molar-refractivity contribution in [3.63, 3.8) is 0 Å². The van der Waals surface area contributed by atoms with Crippen molar-refractivity contribution in [2.75, 3.05) is 14.2 Å². The Morgan fingerprint density at radius 1 is 1.22 bits per heavy atom. The summed E-state index contributed by atoms with van der Waals surface area (Å²) < 4.78 is 12.2. The van der Waals surface area contributed by atoms with E-state index in [2.05, 4.69) is 37.2 Å². The van der Waals surface area contributed by atoms with Gasteiger partial charge >= 0.3 is 0 Å². The van der Waals surface area contributed by atoms with Crippen LogP contribution in [0.3, 0.4) is 0 Å². The van der Waals surface area contributed by atoms with Gasteiger partial charge in [0.05, 0.1) is 19.4 Å². The van der Waals surface area contributed by atoms with Crippen molar-refractivity contribution in [1.82, 2.24) is 5.32 Å². The molecule has 0 aliphatic rings. The van der Waals surface area contributed by atoms with Crippen molar-refractivity contribution in [2.45, 2.75) is 6.04 Å². The first-order valence-electron chi connectivity index (χ1n) is 5.41. The minimum atomic E-state index is 0.0541. The van der Waals surface area contributed by atoms with Gasteiger partial charge in [0, 0.05) is 10.0 Å². The van der Waals surface area contributed by atoms with Gasteiger partial charge in [-0.05, 0) is 46.7 Å². The third-order valence-corrected chi connectivity index (χ3v) is 4.10.